The Hall–Kier alpha value is -1.26. The van der Waals surface area contributed by atoms with Gasteiger partial charge in [-0.15, -0.1) is 0 Å². The molecule has 2 rings (SSSR count). The van der Waals surface area contributed by atoms with Crippen molar-refractivity contribution in [2.75, 3.05) is 50.7 Å². The van der Waals surface area contributed by atoms with Crippen molar-refractivity contribution in [2.45, 2.75) is 25.8 Å². The van der Waals surface area contributed by atoms with Crippen LogP contribution in [0, 0.1) is 0 Å². The number of rotatable bonds is 7. The van der Waals surface area contributed by atoms with Gasteiger partial charge in [-0.1, -0.05) is 12.1 Å². The second-order valence-corrected chi connectivity index (χ2v) is 5.33. The summed E-state index contributed by atoms with van der Waals surface area (Å²) in [5.41, 5.74) is 3.97. The van der Waals surface area contributed by atoms with E-state index in [0.717, 1.165) is 26.1 Å². The SMILES string of the molecule is COCCN(c1cccc2c1NCCC2)C(C)COC. The topological polar surface area (TPSA) is 33.7 Å². The molecule has 0 saturated heterocycles. The molecular weight excluding hydrogens is 252 g/mol. The zero-order valence-electron chi connectivity index (χ0n) is 12.8. The first-order chi connectivity index (χ1) is 9.77. The summed E-state index contributed by atoms with van der Waals surface area (Å²) < 4.78 is 10.6. The van der Waals surface area contributed by atoms with Gasteiger partial charge in [0.05, 0.1) is 24.6 Å². The van der Waals surface area contributed by atoms with Gasteiger partial charge in [0.25, 0.3) is 0 Å². The van der Waals surface area contributed by atoms with Crippen molar-refractivity contribution in [2.24, 2.45) is 0 Å². The van der Waals surface area contributed by atoms with Gasteiger partial charge in [-0.05, 0) is 31.4 Å². The Kier molecular flexibility index (Phi) is 5.68. The van der Waals surface area contributed by atoms with Crippen LogP contribution < -0.4 is 10.2 Å². The normalized spacial score (nSPS) is 15.3. The summed E-state index contributed by atoms with van der Waals surface area (Å²) in [7, 11) is 3.50. The van der Waals surface area contributed by atoms with Crippen molar-refractivity contribution in [3.8, 4) is 0 Å². The fourth-order valence-corrected chi connectivity index (χ4v) is 2.83. The Morgan fingerprint density at radius 2 is 2.15 bits per heavy atom. The maximum absolute atomic E-state index is 5.33. The van der Waals surface area contributed by atoms with E-state index in [1.165, 1.54) is 23.4 Å². The van der Waals surface area contributed by atoms with Gasteiger partial charge in [0.1, 0.15) is 0 Å². The molecule has 1 aliphatic heterocycles. The van der Waals surface area contributed by atoms with Crippen LogP contribution in [0.1, 0.15) is 18.9 Å². The Bertz CT molecular complexity index is 423. The largest absolute Gasteiger partial charge is 0.383 e. The van der Waals surface area contributed by atoms with Crippen molar-refractivity contribution >= 4 is 11.4 Å². The highest BCUT2D eigenvalue weighted by molar-refractivity contribution is 5.75. The molecule has 4 heteroatoms. The van der Waals surface area contributed by atoms with Gasteiger partial charge in [-0.25, -0.2) is 0 Å². The van der Waals surface area contributed by atoms with E-state index in [0.29, 0.717) is 12.6 Å². The molecule has 0 aliphatic carbocycles. The van der Waals surface area contributed by atoms with Gasteiger partial charge in [0.15, 0.2) is 0 Å². The highest BCUT2D eigenvalue weighted by Crippen LogP contribution is 2.33. The third-order valence-corrected chi connectivity index (χ3v) is 3.84. The standard InChI is InChI=1S/C16H26N2O2/c1-13(12-20-3)18(10-11-19-2)15-8-4-6-14-7-5-9-17-16(14)15/h4,6,8,13,17H,5,7,9-12H2,1-3H3. The Morgan fingerprint density at radius 1 is 1.30 bits per heavy atom. The van der Waals surface area contributed by atoms with E-state index < -0.39 is 0 Å². The molecule has 1 N–H and O–H groups in total. The molecule has 0 aromatic heterocycles. The zero-order valence-corrected chi connectivity index (χ0v) is 12.8. The molecular formula is C16H26N2O2. The van der Waals surface area contributed by atoms with Crippen LogP contribution in [0.25, 0.3) is 0 Å². The maximum atomic E-state index is 5.33. The van der Waals surface area contributed by atoms with Crippen molar-refractivity contribution in [1.29, 1.82) is 0 Å². The third kappa shape index (κ3) is 3.44. The summed E-state index contributed by atoms with van der Waals surface area (Å²) >= 11 is 0. The number of methoxy groups -OCH3 is 2. The fraction of sp³-hybridized carbons (Fsp3) is 0.625. The van der Waals surface area contributed by atoms with E-state index >= 15 is 0 Å². The van der Waals surface area contributed by atoms with Crippen LogP contribution >= 0.6 is 0 Å². The van der Waals surface area contributed by atoms with Crippen molar-refractivity contribution in [1.82, 2.24) is 0 Å². The average Bonchev–Trinajstić information content (AvgIpc) is 2.48. The number of fused-ring (bicyclic) bond motifs is 1. The fourth-order valence-electron chi connectivity index (χ4n) is 2.83. The Balaban J connectivity index is 2.27. The molecule has 1 aromatic carbocycles. The number of ether oxygens (including phenoxy) is 2. The number of anilines is 2. The minimum atomic E-state index is 0.324. The molecule has 0 spiro atoms. The predicted molar refractivity (Wildman–Crippen MR) is 83.8 cm³/mol. The lowest BCUT2D eigenvalue weighted by molar-refractivity contribution is 0.171. The van der Waals surface area contributed by atoms with Crippen LogP contribution in [0.15, 0.2) is 18.2 Å². The number of nitrogens with zero attached hydrogens (tertiary/aromatic N) is 1. The molecule has 0 saturated carbocycles. The van der Waals surface area contributed by atoms with Crippen molar-refractivity contribution in [3.63, 3.8) is 0 Å². The molecule has 1 unspecified atom stereocenters. The van der Waals surface area contributed by atoms with Crippen LogP contribution in [-0.4, -0.2) is 46.6 Å². The van der Waals surface area contributed by atoms with Gasteiger partial charge in [0, 0.05) is 33.4 Å². The van der Waals surface area contributed by atoms with Crippen LogP contribution in [-0.2, 0) is 15.9 Å². The lowest BCUT2D eigenvalue weighted by Crippen LogP contribution is -2.39. The second-order valence-electron chi connectivity index (χ2n) is 5.33. The lowest BCUT2D eigenvalue weighted by Gasteiger charge is -2.34. The van der Waals surface area contributed by atoms with E-state index in [4.69, 9.17) is 9.47 Å². The van der Waals surface area contributed by atoms with Gasteiger partial charge in [-0.3, -0.25) is 0 Å². The molecule has 0 radical (unpaired) electrons. The van der Waals surface area contributed by atoms with Crippen LogP contribution in [0.2, 0.25) is 0 Å². The molecule has 1 atom stereocenters. The first-order valence-corrected chi connectivity index (χ1v) is 7.38. The number of nitrogens with one attached hydrogen (secondary N) is 1. The summed E-state index contributed by atoms with van der Waals surface area (Å²) in [5, 5.41) is 3.56. The average molecular weight is 278 g/mol. The molecule has 4 nitrogen and oxygen atoms in total. The van der Waals surface area contributed by atoms with Gasteiger partial charge in [-0.2, -0.15) is 0 Å². The zero-order chi connectivity index (χ0) is 14.4. The van der Waals surface area contributed by atoms with Crippen LogP contribution in [0.4, 0.5) is 11.4 Å². The summed E-state index contributed by atoms with van der Waals surface area (Å²) in [5.74, 6) is 0. The Labute approximate surface area is 122 Å². The van der Waals surface area contributed by atoms with E-state index in [2.05, 4.69) is 35.3 Å². The summed E-state index contributed by atoms with van der Waals surface area (Å²) in [6.45, 7) is 5.56. The molecule has 20 heavy (non-hydrogen) atoms. The number of benzene rings is 1. The highest BCUT2D eigenvalue weighted by Gasteiger charge is 2.20. The van der Waals surface area contributed by atoms with Crippen molar-refractivity contribution in [3.05, 3.63) is 23.8 Å². The minimum absolute atomic E-state index is 0.324. The van der Waals surface area contributed by atoms with E-state index in [1.54, 1.807) is 14.2 Å². The number of aryl methyl sites for hydroxylation is 1. The molecule has 0 bridgehead atoms. The van der Waals surface area contributed by atoms with Gasteiger partial charge in [0.2, 0.25) is 0 Å². The molecule has 1 aliphatic rings. The summed E-state index contributed by atoms with van der Waals surface area (Å²) in [6, 6.07) is 6.89. The molecule has 112 valence electrons. The predicted octanol–water partition coefficient (Wildman–Crippen LogP) is 2.53. The number of para-hydroxylation sites is 1. The molecule has 0 fully saturated rings. The second kappa shape index (κ2) is 7.50. The van der Waals surface area contributed by atoms with Gasteiger partial charge >= 0.3 is 0 Å². The van der Waals surface area contributed by atoms with Crippen LogP contribution in [0.5, 0.6) is 0 Å². The first kappa shape index (κ1) is 15.1. The van der Waals surface area contributed by atoms with E-state index in [-0.39, 0.29) is 0 Å². The minimum Gasteiger partial charge on any atom is -0.383 e. The molecule has 0 amide bonds. The maximum Gasteiger partial charge on any atom is 0.0663 e. The molecule has 1 aromatic rings. The molecule has 1 heterocycles. The highest BCUT2D eigenvalue weighted by atomic mass is 16.5. The lowest BCUT2D eigenvalue weighted by atomic mass is 10.0. The summed E-state index contributed by atoms with van der Waals surface area (Å²) in [4.78, 5) is 2.38. The monoisotopic (exact) mass is 278 g/mol. The number of hydrogen-bond donors (Lipinski definition) is 1. The quantitative estimate of drug-likeness (QED) is 0.831. The van der Waals surface area contributed by atoms with E-state index in [9.17, 15) is 0 Å². The smallest absolute Gasteiger partial charge is 0.0663 e. The van der Waals surface area contributed by atoms with Crippen LogP contribution in [0.3, 0.4) is 0 Å². The van der Waals surface area contributed by atoms with E-state index in [1.807, 2.05) is 0 Å². The number of hydrogen-bond acceptors (Lipinski definition) is 4. The third-order valence-electron chi connectivity index (χ3n) is 3.84. The van der Waals surface area contributed by atoms with Crippen molar-refractivity contribution < 1.29 is 9.47 Å². The first-order valence-electron chi connectivity index (χ1n) is 7.38. The summed E-state index contributed by atoms with van der Waals surface area (Å²) in [6.07, 6.45) is 2.37. The van der Waals surface area contributed by atoms with Gasteiger partial charge < -0.3 is 19.7 Å². The Morgan fingerprint density at radius 3 is 2.90 bits per heavy atom.